The second-order valence-electron chi connectivity index (χ2n) is 6.98. The van der Waals surface area contributed by atoms with Crippen molar-refractivity contribution in [3.63, 3.8) is 0 Å². The van der Waals surface area contributed by atoms with Crippen molar-refractivity contribution in [3.8, 4) is 17.6 Å². The fourth-order valence-corrected chi connectivity index (χ4v) is 3.08. The van der Waals surface area contributed by atoms with Crippen LogP contribution in [0.3, 0.4) is 0 Å². The van der Waals surface area contributed by atoms with Crippen LogP contribution < -0.4 is 10.1 Å². The summed E-state index contributed by atoms with van der Waals surface area (Å²) in [4.78, 5) is 27.0. The summed E-state index contributed by atoms with van der Waals surface area (Å²) in [6.07, 6.45) is -2.40. The highest BCUT2D eigenvalue weighted by molar-refractivity contribution is 5.95. The van der Waals surface area contributed by atoms with Gasteiger partial charge >= 0.3 is 12.3 Å². The number of halogens is 3. The number of esters is 1. The number of benzene rings is 2. The van der Waals surface area contributed by atoms with E-state index in [0.29, 0.717) is 17.9 Å². The third-order valence-corrected chi connectivity index (χ3v) is 4.49. The number of carbonyl (C=O) groups excluding carboxylic acids is 2. The van der Waals surface area contributed by atoms with Crippen molar-refractivity contribution in [1.29, 1.82) is 0 Å². The van der Waals surface area contributed by atoms with Crippen LogP contribution in [0.5, 0.6) is 5.75 Å². The van der Waals surface area contributed by atoms with E-state index in [9.17, 15) is 22.8 Å². The number of hydrogen-bond donors (Lipinski definition) is 2. The molecule has 2 N–H and O–H groups in total. The molecule has 0 aliphatic carbocycles. The van der Waals surface area contributed by atoms with Gasteiger partial charge in [0.2, 0.25) is 5.91 Å². The van der Waals surface area contributed by atoms with E-state index < -0.39 is 6.36 Å². The lowest BCUT2D eigenvalue weighted by molar-refractivity contribution is -0.274. The Morgan fingerprint density at radius 3 is 2.58 bits per heavy atom. The van der Waals surface area contributed by atoms with E-state index in [4.69, 9.17) is 4.74 Å². The van der Waals surface area contributed by atoms with Crippen molar-refractivity contribution in [2.75, 3.05) is 11.9 Å². The molecule has 33 heavy (non-hydrogen) atoms. The summed E-state index contributed by atoms with van der Waals surface area (Å²) in [6, 6.07) is 10.5. The molecule has 0 spiro atoms. The Balaban J connectivity index is 1.50. The van der Waals surface area contributed by atoms with Gasteiger partial charge in [0.25, 0.3) is 0 Å². The highest BCUT2D eigenvalue weighted by atomic mass is 19.4. The zero-order valence-corrected chi connectivity index (χ0v) is 17.7. The number of carbonyl (C=O) groups is 2. The van der Waals surface area contributed by atoms with Crippen molar-refractivity contribution in [3.05, 3.63) is 59.8 Å². The van der Waals surface area contributed by atoms with E-state index >= 15 is 0 Å². The molecule has 172 valence electrons. The molecule has 3 rings (SSSR count). The van der Waals surface area contributed by atoms with Gasteiger partial charge in [-0.05, 0) is 48.9 Å². The van der Waals surface area contributed by atoms with Gasteiger partial charge in [0, 0.05) is 41.2 Å². The number of rotatable bonds is 7. The molecule has 0 fully saturated rings. The van der Waals surface area contributed by atoms with Crippen LogP contribution in [0.15, 0.2) is 48.7 Å². The molecule has 0 aliphatic heterocycles. The molecule has 3 aromatic rings. The Hall–Kier alpha value is -3.93. The third-order valence-electron chi connectivity index (χ3n) is 4.49. The van der Waals surface area contributed by atoms with E-state index in [-0.39, 0.29) is 36.9 Å². The highest BCUT2D eigenvalue weighted by Crippen LogP contribution is 2.24. The summed E-state index contributed by atoms with van der Waals surface area (Å²) in [6.45, 7) is 2.08. The first kappa shape index (κ1) is 23.7. The predicted molar refractivity (Wildman–Crippen MR) is 117 cm³/mol. The molecule has 6 nitrogen and oxygen atoms in total. The molecule has 0 saturated carbocycles. The van der Waals surface area contributed by atoms with Crippen molar-refractivity contribution in [1.82, 2.24) is 4.98 Å². The molecule has 2 aromatic carbocycles. The van der Waals surface area contributed by atoms with Crippen molar-refractivity contribution < 1.29 is 32.2 Å². The zero-order chi connectivity index (χ0) is 23.8. The maximum absolute atomic E-state index is 12.2. The fourth-order valence-electron chi connectivity index (χ4n) is 3.08. The number of hydrogen-bond acceptors (Lipinski definition) is 4. The Kier molecular flexibility index (Phi) is 7.61. The van der Waals surface area contributed by atoms with E-state index in [2.05, 4.69) is 26.9 Å². The molecule has 9 heteroatoms. The average Bonchev–Trinajstić information content (AvgIpc) is 3.13. The number of ether oxygens (including phenoxy) is 2. The molecule has 1 aromatic heterocycles. The molecule has 0 unspecified atom stereocenters. The van der Waals surface area contributed by atoms with Crippen LogP contribution in [0.4, 0.5) is 18.9 Å². The number of anilines is 1. The van der Waals surface area contributed by atoms with Crippen LogP contribution in [0, 0.1) is 11.8 Å². The number of alkyl halides is 3. The Labute approximate surface area is 188 Å². The van der Waals surface area contributed by atoms with Crippen LogP contribution in [0.25, 0.3) is 10.9 Å². The van der Waals surface area contributed by atoms with Gasteiger partial charge in [-0.15, -0.1) is 13.2 Å². The molecule has 0 radical (unpaired) electrons. The molecule has 0 saturated heterocycles. The van der Waals surface area contributed by atoms with Gasteiger partial charge in [0.15, 0.2) is 0 Å². The molecule has 1 amide bonds. The van der Waals surface area contributed by atoms with Gasteiger partial charge in [0.1, 0.15) is 5.75 Å². The number of nitrogens with one attached hydrogen (secondary N) is 2. The molecular weight excluding hydrogens is 437 g/mol. The average molecular weight is 458 g/mol. The first-order valence-corrected chi connectivity index (χ1v) is 10.1. The van der Waals surface area contributed by atoms with Crippen molar-refractivity contribution in [2.24, 2.45) is 0 Å². The first-order valence-electron chi connectivity index (χ1n) is 10.1. The molecular formula is C24H21F3N2O4. The number of aromatic nitrogens is 1. The summed E-state index contributed by atoms with van der Waals surface area (Å²) in [7, 11) is 0. The number of aromatic amines is 1. The monoisotopic (exact) mass is 458 g/mol. The minimum atomic E-state index is -4.74. The van der Waals surface area contributed by atoms with Crippen molar-refractivity contribution >= 4 is 28.5 Å². The van der Waals surface area contributed by atoms with Crippen LogP contribution >= 0.6 is 0 Å². The van der Waals surface area contributed by atoms with Crippen LogP contribution in [-0.2, 0) is 20.7 Å². The number of amides is 1. The molecule has 0 atom stereocenters. The minimum Gasteiger partial charge on any atom is -0.466 e. The van der Waals surface area contributed by atoms with Crippen LogP contribution in [0.1, 0.15) is 30.9 Å². The molecule has 1 heterocycles. The smallest absolute Gasteiger partial charge is 0.466 e. The molecule has 0 aliphatic rings. The Bertz CT molecular complexity index is 1190. The highest BCUT2D eigenvalue weighted by Gasteiger charge is 2.30. The van der Waals surface area contributed by atoms with Crippen molar-refractivity contribution in [2.45, 2.75) is 32.5 Å². The SMILES string of the molecule is CCOC(=O)Cc1c[nH]c2cc(NC(=O)CCC#Cc3ccc(OC(F)(F)F)cc3)ccc12. The third kappa shape index (κ3) is 7.31. The van der Waals surface area contributed by atoms with Gasteiger partial charge in [-0.2, -0.15) is 0 Å². The second-order valence-corrected chi connectivity index (χ2v) is 6.98. The Morgan fingerprint density at radius 1 is 1.12 bits per heavy atom. The van der Waals surface area contributed by atoms with E-state index in [1.807, 2.05) is 6.07 Å². The number of fused-ring (bicyclic) bond motifs is 1. The lowest BCUT2D eigenvalue weighted by Gasteiger charge is -2.07. The summed E-state index contributed by atoms with van der Waals surface area (Å²) in [5.41, 5.74) is 2.71. The fraction of sp³-hybridized carbons (Fsp3) is 0.250. The first-order chi connectivity index (χ1) is 15.7. The van der Waals surface area contributed by atoms with Crippen LogP contribution in [0.2, 0.25) is 0 Å². The standard InChI is InChI=1S/C24H21F3N2O4/c1-2-32-23(31)13-17-15-28-21-14-18(9-12-20(17)21)29-22(30)6-4-3-5-16-7-10-19(11-8-16)33-24(25,26)27/h7-12,14-15,28H,2,4,6,13H2,1H3,(H,29,30). The summed E-state index contributed by atoms with van der Waals surface area (Å²) in [5, 5.41) is 3.66. The minimum absolute atomic E-state index is 0.152. The van der Waals surface area contributed by atoms with Gasteiger partial charge in [-0.25, -0.2) is 0 Å². The normalized spacial score (nSPS) is 10.9. The summed E-state index contributed by atoms with van der Waals surface area (Å²) in [5.74, 6) is 4.77. The van der Waals surface area contributed by atoms with Gasteiger partial charge in [-0.3, -0.25) is 9.59 Å². The maximum Gasteiger partial charge on any atom is 0.573 e. The van der Waals surface area contributed by atoms with E-state index in [1.54, 1.807) is 25.3 Å². The predicted octanol–water partition coefficient (Wildman–Crippen LogP) is 4.94. The summed E-state index contributed by atoms with van der Waals surface area (Å²) < 4.78 is 45.3. The lowest BCUT2D eigenvalue weighted by Crippen LogP contribution is -2.16. The largest absolute Gasteiger partial charge is 0.573 e. The Morgan fingerprint density at radius 2 is 1.88 bits per heavy atom. The van der Waals surface area contributed by atoms with E-state index in [0.717, 1.165) is 16.5 Å². The molecule has 0 bridgehead atoms. The maximum atomic E-state index is 12.2. The zero-order valence-electron chi connectivity index (χ0n) is 17.7. The van der Waals surface area contributed by atoms with Crippen LogP contribution in [-0.4, -0.2) is 29.8 Å². The number of H-pyrrole nitrogens is 1. The van der Waals surface area contributed by atoms with Gasteiger partial charge < -0.3 is 19.8 Å². The lowest BCUT2D eigenvalue weighted by atomic mass is 10.1. The quantitative estimate of drug-likeness (QED) is 0.388. The summed E-state index contributed by atoms with van der Waals surface area (Å²) >= 11 is 0. The van der Waals surface area contributed by atoms with Gasteiger partial charge in [-0.1, -0.05) is 17.9 Å². The van der Waals surface area contributed by atoms with E-state index in [1.165, 1.54) is 24.3 Å². The topological polar surface area (TPSA) is 80.4 Å². The second kappa shape index (κ2) is 10.6. The van der Waals surface area contributed by atoms with Gasteiger partial charge in [0.05, 0.1) is 13.0 Å².